The standard InChI is InChI=1S/C5H11N3O4/c6-4(5(9)10)2-1-3-8(12)7-11/h4,11H,1-3,6H2,(H,9,10)/b8-7-/t4-/m1/s1. The van der Waals surface area contributed by atoms with E-state index in [1.807, 2.05) is 0 Å². The van der Waals surface area contributed by atoms with Gasteiger partial charge in [0.2, 0.25) is 0 Å². The molecule has 0 unspecified atom stereocenters. The van der Waals surface area contributed by atoms with Gasteiger partial charge in [-0.2, -0.15) is 0 Å². The predicted molar refractivity (Wildman–Crippen MR) is 37.6 cm³/mol. The van der Waals surface area contributed by atoms with Crippen LogP contribution in [0.5, 0.6) is 0 Å². The third-order valence-corrected chi connectivity index (χ3v) is 1.28. The lowest BCUT2D eigenvalue weighted by atomic mass is 10.2. The number of hydrogen-bond acceptors (Lipinski definition) is 4. The Labute approximate surface area is 68.6 Å². The first-order valence-corrected chi connectivity index (χ1v) is 3.36. The minimum Gasteiger partial charge on any atom is -0.597 e. The smallest absolute Gasteiger partial charge is 0.320 e. The highest BCUT2D eigenvalue weighted by Gasteiger charge is 2.11. The maximum Gasteiger partial charge on any atom is 0.320 e. The molecule has 0 aliphatic rings. The molecule has 0 saturated heterocycles. The van der Waals surface area contributed by atoms with Gasteiger partial charge in [-0.1, -0.05) is 4.86 Å². The van der Waals surface area contributed by atoms with Crippen molar-refractivity contribution in [3.05, 3.63) is 5.21 Å². The summed E-state index contributed by atoms with van der Waals surface area (Å²) in [5.74, 6) is -1.10. The Hall–Kier alpha value is -1.37. The second-order valence-corrected chi connectivity index (χ2v) is 2.25. The van der Waals surface area contributed by atoms with Gasteiger partial charge in [-0.05, 0) is 6.42 Å². The van der Waals surface area contributed by atoms with Crippen LogP contribution in [0.15, 0.2) is 5.28 Å². The molecule has 0 saturated carbocycles. The van der Waals surface area contributed by atoms with Gasteiger partial charge < -0.3 is 21.3 Å². The second kappa shape index (κ2) is 5.30. The number of hydrogen-bond donors (Lipinski definition) is 3. The quantitative estimate of drug-likeness (QED) is 0.297. The molecule has 70 valence electrons. The van der Waals surface area contributed by atoms with Crippen molar-refractivity contribution in [2.45, 2.75) is 18.9 Å². The number of nitrogens with zero attached hydrogens (tertiary/aromatic N) is 2. The molecule has 0 heterocycles. The van der Waals surface area contributed by atoms with Crippen molar-refractivity contribution >= 4 is 5.97 Å². The summed E-state index contributed by atoms with van der Waals surface area (Å²) in [6.45, 7) is -0.0581. The molecule has 12 heavy (non-hydrogen) atoms. The highest BCUT2D eigenvalue weighted by atomic mass is 16.6. The molecule has 0 aromatic rings. The van der Waals surface area contributed by atoms with Gasteiger partial charge in [0.25, 0.3) is 0 Å². The number of nitrogens with two attached hydrogens (primary N) is 1. The van der Waals surface area contributed by atoms with Crippen molar-refractivity contribution in [2.75, 3.05) is 6.54 Å². The highest BCUT2D eigenvalue weighted by molar-refractivity contribution is 5.72. The fourth-order valence-corrected chi connectivity index (χ4v) is 0.615. The largest absolute Gasteiger partial charge is 0.597 e. The first-order valence-electron chi connectivity index (χ1n) is 3.36. The van der Waals surface area contributed by atoms with E-state index in [1.165, 1.54) is 0 Å². The molecular weight excluding hydrogens is 166 g/mol. The van der Waals surface area contributed by atoms with Crippen molar-refractivity contribution in [3.8, 4) is 0 Å². The molecule has 4 N–H and O–H groups in total. The molecule has 0 aliphatic carbocycles. The van der Waals surface area contributed by atoms with E-state index in [1.54, 1.807) is 0 Å². The van der Waals surface area contributed by atoms with E-state index in [0.29, 0.717) is 0 Å². The summed E-state index contributed by atoms with van der Waals surface area (Å²) in [6, 6.07) is -0.961. The van der Waals surface area contributed by atoms with Crippen LogP contribution in [0.3, 0.4) is 0 Å². The SMILES string of the molecule is N[C@H](CCC/[N+]([O-])=N/O)C(=O)O. The van der Waals surface area contributed by atoms with Crippen LogP contribution in [0.25, 0.3) is 0 Å². The van der Waals surface area contributed by atoms with Crippen LogP contribution in [0.4, 0.5) is 0 Å². The van der Waals surface area contributed by atoms with Gasteiger partial charge in [-0.25, -0.2) is 0 Å². The van der Waals surface area contributed by atoms with Gasteiger partial charge in [0.05, 0.1) is 0 Å². The van der Waals surface area contributed by atoms with Crippen LogP contribution < -0.4 is 5.73 Å². The number of carboxylic acid groups (broad SMARTS) is 1. The normalized spacial score (nSPS) is 14.2. The van der Waals surface area contributed by atoms with Crippen molar-refractivity contribution in [1.82, 2.24) is 0 Å². The lowest BCUT2D eigenvalue weighted by Crippen LogP contribution is -2.30. The maximum atomic E-state index is 10.3. The number of carbonyl (C=O) groups is 1. The molecule has 0 spiro atoms. The van der Waals surface area contributed by atoms with Crippen LogP contribution in [0.1, 0.15) is 12.8 Å². The Kier molecular flexibility index (Phi) is 4.70. The maximum absolute atomic E-state index is 10.3. The number of hydroxylamine groups is 1. The van der Waals surface area contributed by atoms with E-state index < -0.39 is 12.0 Å². The van der Waals surface area contributed by atoms with Crippen molar-refractivity contribution in [3.63, 3.8) is 0 Å². The van der Waals surface area contributed by atoms with Crippen LogP contribution >= 0.6 is 0 Å². The van der Waals surface area contributed by atoms with E-state index >= 15 is 0 Å². The molecule has 0 bridgehead atoms. The van der Waals surface area contributed by atoms with Crippen LogP contribution in [-0.4, -0.2) is 33.7 Å². The van der Waals surface area contributed by atoms with Gasteiger partial charge in [0.1, 0.15) is 6.04 Å². The fourth-order valence-electron chi connectivity index (χ4n) is 0.615. The zero-order chi connectivity index (χ0) is 9.56. The van der Waals surface area contributed by atoms with Crippen LogP contribution in [0, 0.1) is 5.21 Å². The van der Waals surface area contributed by atoms with E-state index in [-0.39, 0.29) is 24.2 Å². The van der Waals surface area contributed by atoms with E-state index in [4.69, 9.17) is 16.0 Å². The predicted octanol–water partition coefficient (Wildman–Crippen LogP) is -0.470. The third kappa shape index (κ3) is 4.45. The third-order valence-electron chi connectivity index (χ3n) is 1.28. The summed E-state index contributed by atoms with van der Waals surface area (Å²) < 4.78 is 0. The topological polar surface area (TPSA) is 122 Å². The Morgan fingerprint density at radius 3 is 2.75 bits per heavy atom. The summed E-state index contributed by atoms with van der Waals surface area (Å²) in [5.41, 5.74) is 5.13. The van der Waals surface area contributed by atoms with Gasteiger partial charge in [-0.15, -0.1) is 0 Å². The molecule has 0 rings (SSSR count). The molecule has 0 aliphatic heterocycles. The first-order chi connectivity index (χ1) is 5.57. The van der Waals surface area contributed by atoms with Crippen molar-refractivity contribution in [1.29, 1.82) is 0 Å². The lowest BCUT2D eigenvalue weighted by Gasteiger charge is -2.03. The molecule has 0 fully saturated rings. The molecule has 7 nitrogen and oxygen atoms in total. The summed E-state index contributed by atoms with van der Waals surface area (Å²) in [6.07, 6.45) is 0.463. The first kappa shape index (κ1) is 10.6. The number of carboxylic acids is 1. The molecule has 0 amide bonds. The monoisotopic (exact) mass is 177 g/mol. The Morgan fingerprint density at radius 1 is 1.75 bits per heavy atom. The Balaban J connectivity index is 3.50. The van der Waals surface area contributed by atoms with Crippen molar-refractivity contribution in [2.24, 2.45) is 11.0 Å². The Bertz CT molecular complexity index is 182. The highest BCUT2D eigenvalue weighted by Crippen LogP contribution is 1.94. The summed E-state index contributed by atoms with van der Waals surface area (Å²) >= 11 is 0. The molecular formula is C5H11N3O4. The van der Waals surface area contributed by atoms with Gasteiger partial charge in [-0.3, -0.25) is 4.79 Å². The lowest BCUT2D eigenvalue weighted by molar-refractivity contribution is -0.556. The van der Waals surface area contributed by atoms with Gasteiger partial charge in [0.15, 0.2) is 11.8 Å². The number of rotatable bonds is 5. The van der Waals surface area contributed by atoms with Crippen molar-refractivity contribution < 1.29 is 20.0 Å². The molecule has 0 radical (unpaired) electrons. The van der Waals surface area contributed by atoms with E-state index in [9.17, 15) is 10.0 Å². The Morgan fingerprint density at radius 2 is 2.33 bits per heavy atom. The van der Waals surface area contributed by atoms with Crippen LogP contribution in [-0.2, 0) is 4.79 Å². The average molecular weight is 177 g/mol. The minimum absolute atomic E-state index is 0.0581. The fraction of sp³-hybridized carbons (Fsp3) is 0.800. The molecule has 1 atom stereocenters. The summed E-state index contributed by atoms with van der Waals surface area (Å²) in [5, 5.41) is 28.8. The van der Waals surface area contributed by atoms with Crippen LogP contribution in [0.2, 0.25) is 0 Å². The average Bonchev–Trinajstić information content (AvgIpc) is 2.03. The number of aliphatic carboxylic acids is 1. The molecule has 0 aromatic carbocycles. The zero-order valence-corrected chi connectivity index (χ0v) is 6.38. The summed E-state index contributed by atoms with van der Waals surface area (Å²) in [4.78, 5) is 10.2. The van der Waals surface area contributed by atoms with E-state index in [2.05, 4.69) is 5.28 Å². The van der Waals surface area contributed by atoms with E-state index in [0.717, 1.165) is 0 Å². The molecule has 0 aromatic heterocycles. The molecule has 7 heteroatoms. The minimum atomic E-state index is -1.10. The summed E-state index contributed by atoms with van der Waals surface area (Å²) in [7, 11) is 0. The van der Waals surface area contributed by atoms with Gasteiger partial charge >= 0.3 is 5.97 Å². The zero-order valence-electron chi connectivity index (χ0n) is 6.38. The second-order valence-electron chi connectivity index (χ2n) is 2.25. The van der Waals surface area contributed by atoms with Gasteiger partial charge in [0, 0.05) is 6.42 Å².